The minimum absolute atomic E-state index is 0.239. The van der Waals surface area contributed by atoms with Gasteiger partial charge < -0.3 is 31.6 Å². The van der Waals surface area contributed by atoms with Crippen molar-refractivity contribution in [1.82, 2.24) is 19.9 Å². The lowest BCUT2D eigenvalue weighted by Crippen LogP contribution is -2.13. The molecule has 0 fully saturated rings. The second kappa shape index (κ2) is 5.22. The van der Waals surface area contributed by atoms with Crippen LogP contribution in [-0.4, -0.2) is 30.1 Å². The van der Waals surface area contributed by atoms with Crippen LogP contribution in [0.25, 0.3) is 22.1 Å². The summed E-state index contributed by atoms with van der Waals surface area (Å²) in [5.41, 5.74) is 15.3. The maximum atomic E-state index is 10.4. The van der Waals surface area contributed by atoms with Gasteiger partial charge in [0.25, 0.3) is 0 Å². The van der Waals surface area contributed by atoms with Crippen LogP contribution in [0.4, 0.5) is 11.4 Å². The van der Waals surface area contributed by atoms with E-state index in [9.17, 15) is 10.2 Å². The molecule has 0 saturated carbocycles. The number of benzene rings is 2. The van der Waals surface area contributed by atoms with Gasteiger partial charge in [0.1, 0.15) is 23.9 Å². The number of H-pyrrole nitrogens is 2. The van der Waals surface area contributed by atoms with Crippen LogP contribution in [-0.2, 0) is 0 Å². The van der Waals surface area contributed by atoms with Crippen LogP contribution in [0.15, 0.2) is 36.4 Å². The first-order valence-corrected chi connectivity index (χ1v) is 7.37. The smallest absolute Gasteiger partial charge is 0.145 e. The molecule has 2 heterocycles. The van der Waals surface area contributed by atoms with Crippen LogP contribution in [0.3, 0.4) is 0 Å². The topological polar surface area (TPSA) is 150 Å². The Labute approximate surface area is 136 Å². The molecule has 0 aliphatic carbocycles. The van der Waals surface area contributed by atoms with Crippen LogP contribution < -0.4 is 11.5 Å². The molecule has 0 saturated heterocycles. The minimum Gasteiger partial charge on any atom is -0.399 e. The number of aliphatic hydroxyl groups excluding tert-OH is 2. The summed E-state index contributed by atoms with van der Waals surface area (Å²) in [6, 6.07) is 10.4. The van der Waals surface area contributed by atoms with Gasteiger partial charge in [-0.1, -0.05) is 0 Å². The van der Waals surface area contributed by atoms with Crippen molar-refractivity contribution in [2.45, 2.75) is 12.2 Å². The summed E-state index contributed by atoms with van der Waals surface area (Å²) in [6.45, 7) is 0. The fraction of sp³-hybridized carbons (Fsp3) is 0.125. The highest BCUT2D eigenvalue weighted by molar-refractivity contribution is 5.79. The Balaban J connectivity index is 1.69. The maximum absolute atomic E-state index is 10.4. The summed E-state index contributed by atoms with van der Waals surface area (Å²) in [5, 5.41) is 20.9. The van der Waals surface area contributed by atoms with E-state index in [0.717, 1.165) is 0 Å². The highest BCUT2D eigenvalue weighted by Crippen LogP contribution is 2.29. The van der Waals surface area contributed by atoms with Crippen molar-refractivity contribution in [3.63, 3.8) is 0 Å². The Morgan fingerprint density at radius 1 is 0.750 bits per heavy atom. The molecular weight excluding hydrogens is 308 g/mol. The first-order valence-electron chi connectivity index (χ1n) is 7.37. The van der Waals surface area contributed by atoms with E-state index >= 15 is 0 Å². The zero-order chi connectivity index (χ0) is 16.8. The average Bonchev–Trinajstić information content (AvgIpc) is 3.16. The SMILES string of the molecule is Nc1ccc2nc(C(O)C(O)c3nc4ccc(N)cc4[nH]3)[nH]c2c1. The summed E-state index contributed by atoms with van der Waals surface area (Å²) < 4.78 is 0. The number of aromatic amines is 2. The number of rotatable bonds is 3. The van der Waals surface area contributed by atoms with Crippen LogP contribution in [0, 0.1) is 0 Å². The molecule has 4 aromatic rings. The predicted molar refractivity (Wildman–Crippen MR) is 90.9 cm³/mol. The molecule has 24 heavy (non-hydrogen) atoms. The fourth-order valence-corrected chi connectivity index (χ4v) is 2.67. The van der Waals surface area contributed by atoms with E-state index in [1.807, 2.05) is 0 Å². The maximum Gasteiger partial charge on any atom is 0.145 e. The summed E-state index contributed by atoms with van der Waals surface area (Å²) in [7, 11) is 0. The van der Waals surface area contributed by atoms with Gasteiger partial charge in [0.15, 0.2) is 0 Å². The normalized spacial score (nSPS) is 14.2. The van der Waals surface area contributed by atoms with Crippen molar-refractivity contribution in [1.29, 1.82) is 0 Å². The van der Waals surface area contributed by atoms with Crippen molar-refractivity contribution in [3.8, 4) is 0 Å². The number of hydrogen-bond donors (Lipinski definition) is 6. The van der Waals surface area contributed by atoms with Crippen LogP contribution in [0.1, 0.15) is 23.9 Å². The van der Waals surface area contributed by atoms with Crippen molar-refractivity contribution < 1.29 is 10.2 Å². The Bertz CT molecular complexity index is 954. The van der Waals surface area contributed by atoms with Gasteiger partial charge >= 0.3 is 0 Å². The van der Waals surface area contributed by atoms with Gasteiger partial charge in [-0.2, -0.15) is 0 Å². The van der Waals surface area contributed by atoms with Crippen LogP contribution >= 0.6 is 0 Å². The monoisotopic (exact) mass is 324 g/mol. The molecule has 0 bridgehead atoms. The number of nitrogens with zero attached hydrogens (tertiary/aromatic N) is 2. The Morgan fingerprint density at radius 2 is 1.17 bits per heavy atom. The molecule has 4 rings (SSSR count). The molecule has 2 unspecified atom stereocenters. The fourth-order valence-electron chi connectivity index (χ4n) is 2.67. The van der Waals surface area contributed by atoms with Crippen LogP contribution in [0.2, 0.25) is 0 Å². The summed E-state index contributed by atoms with van der Waals surface area (Å²) in [6.07, 6.45) is -2.53. The van der Waals surface area contributed by atoms with Crippen molar-refractivity contribution in [2.24, 2.45) is 0 Å². The molecule has 8 N–H and O–H groups in total. The van der Waals surface area contributed by atoms with Crippen molar-refractivity contribution in [3.05, 3.63) is 48.0 Å². The Hall–Kier alpha value is -3.10. The molecule has 2 aromatic carbocycles. The molecule has 8 nitrogen and oxygen atoms in total. The van der Waals surface area contributed by atoms with Crippen molar-refractivity contribution in [2.75, 3.05) is 11.5 Å². The standard InChI is InChI=1S/C16H16N6O2/c17-7-1-3-9-11(5-7)21-15(19-9)13(23)14(24)16-20-10-4-2-8(18)6-12(10)22-16/h1-6,13-14,23-24H,17-18H2,(H,19,21)(H,20,22). The number of fused-ring (bicyclic) bond motifs is 2. The number of aromatic nitrogens is 4. The number of nitrogens with two attached hydrogens (primary N) is 2. The van der Waals surface area contributed by atoms with E-state index in [1.165, 1.54) is 0 Å². The zero-order valence-electron chi connectivity index (χ0n) is 12.6. The van der Waals surface area contributed by atoms with Gasteiger partial charge in [0, 0.05) is 11.4 Å². The first-order chi connectivity index (χ1) is 11.5. The van der Waals surface area contributed by atoms with E-state index in [2.05, 4.69) is 19.9 Å². The van der Waals surface area contributed by atoms with Crippen molar-refractivity contribution >= 4 is 33.4 Å². The minimum atomic E-state index is -1.27. The third kappa shape index (κ3) is 2.34. The predicted octanol–water partition coefficient (Wildman–Crippen LogP) is 1.37. The highest BCUT2D eigenvalue weighted by Gasteiger charge is 2.26. The largest absolute Gasteiger partial charge is 0.399 e. The Morgan fingerprint density at radius 3 is 1.58 bits per heavy atom. The quantitative estimate of drug-likeness (QED) is 0.313. The van der Waals surface area contributed by atoms with E-state index < -0.39 is 12.2 Å². The van der Waals surface area contributed by atoms with Gasteiger partial charge in [-0.3, -0.25) is 0 Å². The van der Waals surface area contributed by atoms with Crippen LogP contribution in [0.5, 0.6) is 0 Å². The zero-order valence-corrected chi connectivity index (χ0v) is 12.6. The van der Waals surface area contributed by atoms with E-state index in [-0.39, 0.29) is 11.6 Å². The van der Waals surface area contributed by atoms with Gasteiger partial charge in [-0.25, -0.2) is 9.97 Å². The summed E-state index contributed by atoms with van der Waals surface area (Å²) >= 11 is 0. The summed E-state index contributed by atoms with van der Waals surface area (Å²) in [4.78, 5) is 14.5. The third-order valence-electron chi connectivity index (χ3n) is 3.91. The van der Waals surface area contributed by atoms with Gasteiger partial charge in [-0.15, -0.1) is 0 Å². The Kier molecular flexibility index (Phi) is 3.15. The summed E-state index contributed by atoms with van der Waals surface area (Å²) in [5.74, 6) is 0.478. The van der Waals surface area contributed by atoms with E-state index in [0.29, 0.717) is 33.4 Å². The van der Waals surface area contributed by atoms with E-state index in [1.54, 1.807) is 36.4 Å². The molecule has 0 aliphatic heterocycles. The lowest BCUT2D eigenvalue weighted by Gasteiger charge is -2.13. The number of imidazole rings is 2. The molecule has 0 amide bonds. The molecule has 8 heteroatoms. The van der Waals surface area contributed by atoms with Gasteiger partial charge in [-0.05, 0) is 36.4 Å². The average molecular weight is 324 g/mol. The number of hydrogen-bond acceptors (Lipinski definition) is 6. The number of nitrogen functional groups attached to an aromatic ring is 2. The van der Waals surface area contributed by atoms with Gasteiger partial charge in [0.05, 0.1) is 22.1 Å². The number of aliphatic hydroxyl groups is 2. The second-order valence-corrected chi connectivity index (χ2v) is 5.69. The number of anilines is 2. The number of nitrogens with one attached hydrogen (secondary N) is 2. The molecule has 0 spiro atoms. The first kappa shape index (κ1) is 14.5. The third-order valence-corrected chi connectivity index (χ3v) is 3.91. The molecule has 0 radical (unpaired) electrons. The highest BCUT2D eigenvalue weighted by atomic mass is 16.3. The molecule has 0 aliphatic rings. The molecule has 2 aromatic heterocycles. The molecule has 122 valence electrons. The second-order valence-electron chi connectivity index (χ2n) is 5.69. The van der Waals surface area contributed by atoms with Gasteiger partial charge in [0.2, 0.25) is 0 Å². The molecular formula is C16H16N6O2. The van der Waals surface area contributed by atoms with E-state index in [4.69, 9.17) is 11.5 Å². The lowest BCUT2D eigenvalue weighted by atomic mass is 10.2. The molecule has 2 atom stereocenters. The lowest BCUT2D eigenvalue weighted by molar-refractivity contribution is 0.00780.